The van der Waals surface area contributed by atoms with Gasteiger partial charge in [-0.05, 0) is 12.8 Å². The molecule has 0 unspecified atom stereocenters. The average Bonchev–Trinajstić information content (AvgIpc) is 2.03. The van der Waals surface area contributed by atoms with E-state index < -0.39 is 0 Å². The molecule has 0 amide bonds. The fraction of sp³-hybridized carbons (Fsp3) is 0.444. The summed E-state index contributed by atoms with van der Waals surface area (Å²) in [5, 5.41) is 0. The lowest BCUT2D eigenvalue weighted by Gasteiger charge is -2.10. The van der Waals surface area contributed by atoms with E-state index in [1.165, 1.54) is 0 Å². The van der Waals surface area contributed by atoms with Gasteiger partial charge in [-0.2, -0.15) is 0 Å². The molecule has 0 radical (unpaired) electrons. The first-order chi connectivity index (χ1) is 5.18. The first kappa shape index (κ1) is 12.6. The van der Waals surface area contributed by atoms with Crippen molar-refractivity contribution in [2.75, 3.05) is 14.1 Å². The van der Waals surface area contributed by atoms with E-state index in [-0.39, 0.29) is 0 Å². The van der Waals surface area contributed by atoms with Crippen molar-refractivity contribution in [3.8, 4) is 0 Å². The fourth-order valence-corrected chi connectivity index (χ4v) is 0.288. The van der Waals surface area contributed by atoms with Gasteiger partial charge in [-0.15, -0.1) is 0 Å². The van der Waals surface area contributed by atoms with Gasteiger partial charge < -0.3 is 4.90 Å². The summed E-state index contributed by atoms with van der Waals surface area (Å²) in [5.41, 5.74) is 0.919. The number of allylic oxidation sites excluding steroid dienone is 1. The highest BCUT2D eigenvalue weighted by molar-refractivity contribution is 5.26. The van der Waals surface area contributed by atoms with E-state index in [1.54, 1.807) is 12.3 Å². The molecule has 0 spiro atoms. The van der Waals surface area contributed by atoms with Gasteiger partial charge in [0, 0.05) is 26.0 Å². The third kappa shape index (κ3) is 8.95. The van der Waals surface area contributed by atoms with Crippen LogP contribution in [-0.2, 0) is 0 Å². The Labute approximate surface area is 69.9 Å². The SMILES string of the molecule is C=N/C=C\C(=C)N(C)C.CC. The third-order valence-corrected chi connectivity index (χ3v) is 0.947. The quantitative estimate of drug-likeness (QED) is 0.450. The summed E-state index contributed by atoms with van der Waals surface area (Å²) in [6.07, 6.45) is 3.41. The van der Waals surface area contributed by atoms with E-state index in [0.29, 0.717) is 0 Å². The van der Waals surface area contributed by atoms with Crippen LogP contribution in [-0.4, -0.2) is 25.7 Å². The summed E-state index contributed by atoms with van der Waals surface area (Å²) in [6.45, 7) is 11.0. The Morgan fingerprint density at radius 2 is 1.82 bits per heavy atom. The predicted molar refractivity (Wildman–Crippen MR) is 52.9 cm³/mol. The second-order valence-corrected chi connectivity index (χ2v) is 1.88. The second kappa shape index (κ2) is 8.95. The highest BCUT2D eigenvalue weighted by Crippen LogP contribution is 1.94. The van der Waals surface area contributed by atoms with Crippen molar-refractivity contribution in [1.29, 1.82) is 0 Å². The monoisotopic (exact) mass is 154 g/mol. The number of hydrogen-bond donors (Lipinski definition) is 0. The van der Waals surface area contributed by atoms with Gasteiger partial charge in [-0.3, -0.25) is 4.99 Å². The summed E-state index contributed by atoms with van der Waals surface area (Å²) in [6, 6.07) is 0. The molecule has 0 aromatic rings. The van der Waals surface area contributed by atoms with Crippen molar-refractivity contribution >= 4 is 6.72 Å². The molecule has 0 aliphatic rings. The first-order valence-corrected chi connectivity index (χ1v) is 3.67. The molecule has 0 aromatic heterocycles. The number of likely N-dealkylation sites (N-methyl/N-ethyl adjacent to an activating group) is 1. The van der Waals surface area contributed by atoms with Gasteiger partial charge in [0.15, 0.2) is 0 Å². The lowest BCUT2D eigenvalue weighted by Crippen LogP contribution is -2.07. The predicted octanol–water partition coefficient (Wildman–Crippen LogP) is 2.30. The van der Waals surface area contributed by atoms with Crippen molar-refractivity contribution < 1.29 is 0 Å². The molecule has 2 nitrogen and oxygen atoms in total. The van der Waals surface area contributed by atoms with Crippen LogP contribution in [0.25, 0.3) is 0 Å². The molecule has 11 heavy (non-hydrogen) atoms. The second-order valence-electron chi connectivity index (χ2n) is 1.88. The number of nitrogens with zero attached hydrogens (tertiary/aromatic N) is 2. The fourth-order valence-electron chi connectivity index (χ4n) is 0.288. The molecular weight excluding hydrogens is 136 g/mol. The zero-order valence-corrected chi connectivity index (χ0v) is 7.96. The van der Waals surface area contributed by atoms with Gasteiger partial charge in [0.05, 0.1) is 0 Å². The minimum atomic E-state index is 0.919. The van der Waals surface area contributed by atoms with Crippen LogP contribution in [0.3, 0.4) is 0 Å². The van der Waals surface area contributed by atoms with Crippen molar-refractivity contribution in [3.05, 3.63) is 24.6 Å². The van der Waals surface area contributed by atoms with Crippen molar-refractivity contribution in [2.45, 2.75) is 13.8 Å². The number of hydrogen-bond acceptors (Lipinski definition) is 2. The van der Waals surface area contributed by atoms with E-state index in [4.69, 9.17) is 0 Å². The largest absolute Gasteiger partial charge is 0.378 e. The summed E-state index contributed by atoms with van der Waals surface area (Å²) in [4.78, 5) is 5.44. The Kier molecular flexibility index (Phi) is 10.3. The molecule has 0 aliphatic carbocycles. The van der Waals surface area contributed by atoms with E-state index in [2.05, 4.69) is 18.3 Å². The molecule has 0 heterocycles. The molecule has 0 atom stereocenters. The highest BCUT2D eigenvalue weighted by atomic mass is 15.1. The molecule has 0 bridgehead atoms. The Bertz CT molecular complexity index is 134. The summed E-state index contributed by atoms with van der Waals surface area (Å²) in [5.74, 6) is 0. The zero-order valence-electron chi connectivity index (χ0n) is 7.96. The van der Waals surface area contributed by atoms with Crippen molar-refractivity contribution in [1.82, 2.24) is 4.90 Å². The van der Waals surface area contributed by atoms with Crippen LogP contribution in [0.5, 0.6) is 0 Å². The molecule has 2 heteroatoms. The maximum atomic E-state index is 3.74. The molecule has 0 fully saturated rings. The van der Waals surface area contributed by atoms with Crippen LogP contribution < -0.4 is 0 Å². The topological polar surface area (TPSA) is 15.6 Å². The van der Waals surface area contributed by atoms with E-state index >= 15 is 0 Å². The van der Waals surface area contributed by atoms with Crippen LogP contribution >= 0.6 is 0 Å². The molecule has 0 saturated heterocycles. The Hall–Kier alpha value is -1.05. The third-order valence-electron chi connectivity index (χ3n) is 0.947. The van der Waals surface area contributed by atoms with Gasteiger partial charge in [-0.25, -0.2) is 0 Å². The molecule has 0 aromatic carbocycles. The van der Waals surface area contributed by atoms with E-state index in [1.807, 2.05) is 32.8 Å². The van der Waals surface area contributed by atoms with Gasteiger partial charge >= 0.3 is 0 Å². The van der Waals surface area contributed by atoms with Crippen molar-refractivity contribution in [3.63, 3.8) is 0 Å². The summed E-state index contributed by atoms with van der Waals surface area (Å²) < 4.78 is 0. The number of rotatable bonds is 3. The summed E-state index contributed by atoms with van der Waals surface area (Å²) in [7, 11) is 3.85. The lowest BCUT2D eigenvalue weighted by atomic mass is 10.4. The van der Waals surface area contributed by atoms with Gasteiger partial charge in [-0.1, -0.05) is 20.4 Å². The Balaban J connectivity index is 0. The standard InChI is InChI=1S/C7H12N2.C2H6/c1-7(9(3)4)5-6-8-2;1-2/h5-6H,1-2H2,3-4H3;1-2H3/b6-5-;. The molecule has 0 rings (SSSR count). The van der Waals surface area contributed by atoms with Crippen LogP contribution in [0.4, 0.5) is 0 Å². The maximum Gasteiger partial charge on any atom is 0.0303 e. The van der Waals surface area contributed by atoms with Crippen LogP contribution in [0, 0.1) is 0 Å². The average molecular weight is 154 g/mol. The summed E-state index contributed by atoms with van der Waals surface area (Å²) >= 11 is 0. The molecule has 0 saturated carbocycles. The Morgan fingerprint density at radius 3 is 2.09 bits per heavy atom. The Morgan fingerprint density at radius 1 is 1.36 bits per heavy atom. The van der Waals surface area contributed by atoms with Gasteiger partial charge in [0.1, 0.15) is 0 Å². The van der Waals surface area contributed by atoms with Crippen LogP contribution in [0.15, 0.2) is 29.5 Å². The molecule has 0 aliphatic heterocycles. The van der Waals surface area contributed by atoms with Crippen LogP contribution in [0.1, 0.15) is 13.8 Å². The van der Waals surface area contributed by atoms with Gasteiger partial charge in [0.25, 0.3) is 0 Å². The number of aliphatic imine (C=N–C) groups is 1. The minimum absolute atomic E-state index is 0.919. The smallest absolute Gasteiger partial charge is 0.0303 e. The highest BCUT2D eigenvalue weighted by Gasteiger charge is 1.85. The molecular formula is C9H18N2. The van der Waals surface area contributed by atoms with Gasteiger partial charge in [0.2, 0.25) is 0 Å². The maximum absolute atomic E-state index is 3.74. The normalized spacial score (nSPS) is 8.36. The van der Waals surface area contributed by atoms with E-state index in [0.717, 1.165) is 5.70 Å². The first-order valence-electron chi connectivity index (χ1n) is 3.67. The van der Waals surface area contributed by atoms with Crippen LogP contribution in [0.2, 0.25) is 0 Å². The minimum Gasteiger partial charge on any atom is -0.378 e. The molecule has 0 N–H and O–H groups in total. The lowest BCUT2D eigenvalue weighted by molar-refractivity contribution is 0.532. The van der Waals surface area contributed by atoms with Crippen molar-refractivity contribution in [2.24, 2.45) is 4.99 Å². The van der Waals surface area contributed by atoms with E-state index in [9.17, 15) is 0 Å². The zero-order chi connectivity index (χ0) is 9.28. The molecule has 64 valence electrons.